The highest BCUT2D eigenvalue weighted by molar-refractivity contribution is 7.89. The van der Waals surface area contributed by atoms with E-state index in [4.69, 9.17) is 16.7 Å². The first-order chi connectivity index (χ1) is 10.8. The van der Waals surface area contributed by atoms with E-state index < -0.39 is 15.9 Å². The molecule has 0 saturated carbocycles. The molecule has 1 amide bonds. The lowest BCUT2D eigenvalue weighted by Crippen LogP contribution is -2.25. The third-order valence-electron chi connectivity index (χ3n) is 3.15. The Morgan fingerprint density at radius 2 is 1.83 bits per heavy atom. The predicted molar refractivity (Wildman–Crippen MR) is 87.0 cm³/mol. The summed E-state index contributed by atoms with van der Waals surface area (Å²) in [5.41, 5.74) is 0.940. The van der Waals surface area contributed by atoms with Gasteiger partial charge in [-0.15, -0.1) is 0 Å². The molecule has 0 aliphatic rings. The number of aromatic hydroxyl groups is 1. The summed E-state index contributed by atoms with van der Waals surface area (Å²) in [6.45, 7) is 0.319. The zero-order chi connectivity index (χ0) is 17.0. The van der Waals surface area contributed by atoms with Gasteiger partial charge in [-0.25, -0.2) is 13.6 Å². The molecule has 0 saturated heterocycles. The van der Waals surface area contributed by atoms with E-state index in [-0.39, 0.29) is 16.2 Å². The Balaban J connectivity index is 1.94. The number of primary sulfonamides is 1. The Morgan fingerprint density at radius 1 is 1.17 bits per heavy atom. The molecular weight excluding hydrogens is 340 g/mol. The zero-order valence-electron chi connectivity index (χ0n) is 12.0. The van der Waals surface area contributed by atoms with Crippen LogP contribution in [-0.2, 0) is 16.4 Å². The summed E-state index contributed by atoms with van der Waals surface area (Å²) < 4.78 is 22.3. The number of hydrogen-bond acceptors (Lipinski definition) is 4. The van der Waals surface area contributed by atoms with E-state index in [2.05, 4.69) is 5.32 Å². The largest absolute Gasteiger partial charge is 0.507 e. The summed E-state index contributed by atoms with van der Waals surface area (Å²) in [6.07, 6.45) is 0.498. The standard InChI is InChI=1S/C15H15ClN2O4S/c16-11-3-6-14(19)13(9-11)15(20)18-8-7-10-1-4-12(5-2-10)23(17,21)22/h1-6,9,19H,7-8H2,(H,18,20)(H2,17,21,22). The van der Waals surface area contributed by atoms with Crippen LogP contribution in [0.2, 0.25) is 5.02 Å². The smallest absolute Gasteiger partial charge is 0.255 e. The number of sulfonamides is 1. The molecule has 2 aromatic rings. The number of phenolic OH excluding ortho intramolecular Hbond substituents is 1. The van der Waals surface area contributed by atoms with Crippen molar-refractivity contribution in [1.82, 2.24) is 5.32 Å². The summed E-state index contributed by atoms with van der Waals surface area (Å²) in [5.74, 6) is -0.587. The van der Waals surface area contributed by atoms with E-state index in [1.165, 1.54) is 30.3 Å². The van der Waals surface area contributed by atoms with Crippen LogP contribution in [0.3, 0.4) is 0 Å². The van der Waals surface area contributed by atoms with Gasteiger partial charge in [0, 0.05) is 11.6 Å². The molecule has 0 radical (unpaired) electrons. The minimum atomic E-state index is -3.71. The summed E-state index contributed by atoms with van der Waals surface area (Å²) in [7, 11) is -3.71. The SMILES string of the molecule is NS(=O)(=O)c1ccc(CCNC(=O)c2cc(Cl)ccc2O)cc1. The molecule has 2 rings (SSSR count). The van der Waals surface area contributed by atoms with Gasteiger partial charge in [-0.1, -0.05) is 23.7 Å². The number of rotatable bonds is 5. The maximum atomic E-state index is 12.0. The average molecular weight is 355 g/mol. The number of amides is 1. The van der Waals surface area contributed by atoms with Crippen molar-refractivity contribution in [3.05, 3.63) is 58.6 Å². The van der Waals surface area contributed by atoms with Crippen molar-refractivity contribution < 1.29 is 18.3 Å². The molecule has 0 bridgehead atoms. The van der Waals surface area contributed by atoms with Gasteiger partial charge in [0.25, 0.3) is 5.91 Å². The van der Waals surface area contributed by atoms with Crippen molar-refractivity contribution in [2.24, 2.45) is 5.14 Å². The van der Waals surface area contributed by atoms with Crippen molar-refractivity contribution in [2.75, 3.05) is 6.54 Å². The highest BCUT2D eigenvalue weighted by atomic mass is 35.5. The van der Waals surface area contributed by atoms with Gasteiger partial charge in [0.2, 0.25) is 10.0 Å². The molecule has 0 aromatic heterocycles. The second-order valence-electron chi connectivity index (χ2n) is 4.86. The van der Waals surface area contributed by atoms with Crippen LogP contribution in [0.5, 0.6) is 5.75 Å². The molecule has 0 aliphatic heterocycles. The monoisotopic (exact) mass is 354 g/mol. The maximum absolute atomic E-state index is 12.0. The molecule has 0 heterocycles. The van der Waals surface area contributed by atoms with Crippen molar-refractivity contribution in [3.8, 4) is 5.75 Å². The lowest BCUT2D eigenvalue weighted by Gasteiger charge is -2.08. The number of hydrogen-bond donors (Lipinski definition) is 3. The van der Waals surface area contributed by atoms with Gasteiger partial charge >= 0.3 is 0 Å². The molecule has 0 fully saturated rings. The molecular formula is C15H15ClN2O4S. The fourth-order valence-electron chi connectivity index (χ4n) is 1.95. The van der Waals surface area contributed by atoms with E-state index in [0.717, 1.165) is 5.56 Å². The fourth-order valence-corrected chi connectivity index (χ4v) is 2.64. The lowest BCUT2D eigenvalue weighted by molar-refractivity contribution is 0.0951. The maximum Gasteiger partial charge on any atom is 0.255 e. The van der Waals surface area contributed by atoms with Crippen molar-refractivity contribution >= 4 is 27.5 Å². The van der Waals surface area contributed by atoms with Gasteiger partial charge in [-0.05, 0) is 42.3 Å². The minimum absolute atomic E-state index is 0.0362. The van der Waals surface area contributed by atoms with Gasteiger partial charge in [-0.3, -0.25) is 4.79 Å². The zero-order valence-corrected chi connectivity index (χ0v) is 13.6. The Bertz CT molecular complexity index is 820. The molecule has 23 heavy (non-hydrogen) atoms. The van der Waals surface area contributed by atoms with E-state index >= 15 is 0 Å². The van der Waals surface area contributed by atoms with Gasteiger partial charge in [0.1, 0.15) is 5.75 Å². The molecule has 0 spiro atoms. The van der Waals surface area contributed by atoms with Crippen molar-refractivity contribution in [3.63, 3.8) is 0 Å². The minimum Gasteiger partial charge on any atom is -0.507 e. The van der Waals surface area contributed by atoms with E-state index in [9.17, 15) is 18.3 Å². The van der Waals surface area contributed by atoms with E-state index in [0.29, 0.717) is 18.0 Å². The number of nitrogens with one attached hydrogen (secondary N) is 1. The van der Waals surface area contributed by atoms with Gasteiger partial charge < -0.3 is 10.4 Å². The van der Waals surface area contributed by atoms with Crippen LogP contribution < -0.4 is 10.5 Å². The van der Waals surface area contributed by atoms with Crippen LogP contribution in [0.4, 0.5) is 0 Å². The lowest BCUT2D eigenvalue weighted by atomic mass is 10.1. The van der Waals surface area contributed by atoms with Gasteiger partial charge in [0.15, 0.2) is 0 Å². The highest BCUT2D eigenvalue weighted by Gasteiger charge is 2.11. The van der Waals surface area contributed by atoms with Crippen molar-refractivity contribution in [2.45, 2.75) is 11.3 Å². The Kier molecular flexibility index (Phi) is 5.25. The topological polar surface area (TPSA) is 109 Å². The van der Waals surface area contributed by atoms with Crippen LogP contribution in [0.25, 0.3) is 0 Å². The summed E-state index contributed by atoms with van der Waals surface area (Å²) in [6, 6.07) is 10.3. The molecule has 8 heteroatoms. The molecule has 4 N–H and O–H groups in total. The number of halogens is 1. The summed E-state index contributed by atoms with van der Waals surface area (Å²) in [5, 5.41) is 17.7. The number of nitrogens with two attached hydrogens (primary N) is 1. The number of carbonyl (C=O) groups is 1. The van der Waals surface area contributed by atoms with Crippen molar-refractivity contribution in [1.29, 1.82) is 0 Å². The number of benzene rings is 2. The molecule has 0 aliphatic carbocycles. The third-order valence-corrected chi connectivity index (χ3v) is 4.32. The van der Waals surface area contributed by atoms with Gasteiger partial charge in [0.05, 0.1) is 10.5 Å². The normalized spacial score (nSPS) is 11.2. The van der Waals surface area contributed by atoms with Crippen LogP contribution >= 0.6 is 11.6 Å². The number of carbonyl (C=O) groups excluding carboxylic acids is 1. The second-order valence-corrected chi connectivity index (χ2v) is 6.85. The fraction of sp³-hybridized carbons (Fsp3) is 0.133. The average Bonchev–Trinajstić information content (AvgIpc) is 2.49. The van der Waals surface area contributed by atoms with Gasteiger partial charge in [-0.2, -0.15) is 0 Å². The Morgan fingerprint density at radius 3 is 2.43 bits per heavy atom. The van der Waals surface area contributed by atoms with Crippen LogP contribution in [0.15, 0.2) is 47.4 Å². The third kappa shape index (κ3) is 4.69. The first-order valence-corrected chi connectivity index (χ1v) is 8.58. The Labute approximate surface area is 138 Å². The van der Waals surface area contributed by atoms with Crippen LogP contribution in [0, 0.1) is 0 Å². The van der Waals surface area contributed by atoms with Crippen LogP contribution in [-0.4, -0.2) is 26.0 Å². The van der Waals surface area contributed by atoms with E-state index in [1.54, 1.807) is 12.1 Å². The first kappa shape index (κ1) is 17.3. The predicted octanol–water partition coefficient (Wildman–Crippen LogP) is 1.67. The molecule has 0 unspecified atom stereocenters. The molecule has 6 nitrogen and oxygen atoms in total. The molecule has 122 valence electrons. The summed E-state index contributed by atoms with van der Waals surface area (Å²) >= 11 is 5.79. The number of phenols is 1. The quantitative estimate of drug-likeness (QED) is 0.758. The van der Waals surface area contributed by atoms with E-state index in [1.807, 2.05) is 0 Å². The summed E-state index contributed by atoms with van der Waals surface area (Å²) in [4.78, 5) is 12.0. The molecule has 2 aromatic carbocycles. The second kappa shape index (κ2) is 6.99. The highest BCUT2D eigenvalue weighted by Crippen LogP contribution is 2.21. The molecule has 0 atom stereocenters. The van der Waals surface area contributed by atoms with Crippen LogP contribution in [0.1, 0.15) is 15.9 Å². The first-order valence-electron chi connectivity index (χ1n) is 6.66. The Hall–Kier alpha value is -2.09.